The number of hydrogen-bond donors (Lipinski definition) is 2. The van der Waals surface area contributed by atoms with Crippen LogP contribution in [-0.2, 0) is 0 Å². The van der Waals surface area contributed by atoms with Crippen LogP contribution in [0.2, 0.25) is 0 Å². The fourth-order valence-electron chi connectivity index (χ4n) is 2.18. The lowest BCUT2D eigenvalue weighted by molar-refractivity contribution is 0.359. The number of benzene rings is 1. The second kappa shape index (κ2) is 5.29. The molecule has 1 aromatic carbocycles. The summed E-state index contributed by atoms with van der Waals surface area (Å²) in [6, 6.07) is 11.8. The third-order valence-corrected chi connectivity index (χ3v) is 3.12. The molecule has 1 aromatic rings. The van der Waals surface area contributed by atoms with Crippen LogP contribution in [0.15, 0.2) is 30.3 Å². The summed E-state index contributed by atoms with van der Waals surface area (Å²) in [4.78, 5) is 0. The quantitative estimate of drug-likeness (QED) is 0.788. The first-order valence-electron chi connectivity index (χ1n) is 5.88. The van der Waals surface area contributed by atoms with Crippen LogP contribution in [0.4, 0.5) is 0 Å². The molecule has 0 spiro atoms. The Balaban J connectivity index is 1.88. The predicted octanol–water partition coefficient (Wildman–Crippen LogP) is 2.09. The lowest BCUT2D eigenvalue weighted by atomic mass is 10.0. The molecule has 1 atom stereocenters. The van der Waals surface area contributed by atoms with Gasteiger partial charge in [-0.15, -0.1) is 0 Å². The van der Waals surface area contributed by atoms with Crippen LogP contribution in [0.5, 0.6) is 0 Å². The normalized spacial score (nSPS) is 20.1. The van der Waals surface area contributed by atoms with E-state index in [1.807, 2.05) is 0 Å². The Morgan fingerprint density at radius 1 is 1.20 bits per heavy atom. The molecule has 0 bridgehead atoms. The molecular formula is C13H20N2. The monoisotopic (exact) mass is 204 g/mol. The molecule has 1 aliphatic heterocycles. The van der Waals surface area contributed by atoms with Crippen LogP contribution in [0.1, 0.15) is 31.4 Å². The molecule has 2 rings (SSSR count). The molecule has 2 N–H and O–H groups in total. The van der Waals surface area contributed by atoms with Crippen molar-refractivity contribution >= 4 is 0 Å². The zero-order chi connectivity index (χ0) is 10.5. The molecule has 1 saturated heterocycles. The van der Waals surface area contributed by atoms with Crippen LogP contribution in [0.3, 0.4) is 0 Å². The molecular weight excluding hydrogens is 184 g/mol. The SMILES string of the molecule is CC(NC1CCNCC1)c1ccccc1. The van der Waals surface area contributed by atoms with Crippen molar-refractivity contribution in [2.45, 2.75) is 31.8 Å². The molecule has 2 heteroatoms. The third-order valence-electron chi connectivity index (χ3n) is 3.12. The van der Waals surface area contributed by atoms with E-state index in [9.17, 15) is 0 Å². The van der Waals surface area contributed by atoms with Gasteiger partial charge in [0, 0.05) is 12.1 Å². The van der Waals surface area contributed by atoms with Gasteiger partial charge in [-0.25, -0.2) is 0 Å². The molecule has 1 aliphatic rings. The van der Waals surface area contributed by atoms with Gasteiger partial charge in [-0.3, -0.25) is 0 Å². The first-order valence-corrected chi connectivity index (χ1v) is 5.88. The molecule has 0 aromatic heterocycles. The summed E-state index contributed by atoms with van der Waals surface area (Å²) in [5, 5.41) is 7.08. The minimum absolute atomic E-state index is 0.467. The minimum Gasteiger partial charge on any atom is -0.317 e. The van der Waals surface area contributed by atoms with Crippen molar-refractivity contribution in [2.75, 3.05) is 13.1 Å². The van der Waals surface area contributed by atoms with Crippen LogP contribution < -0.4 is 10.6 Å². The second-order valence-corrected chi connectivity index (χ2v) is 4.32. The molecule has 0 radical (unpaired) electrons. The van der Waals surface area contributed by atoms with Crippen molar-refractivity contribution in [3.8, 4) is 0 Å². The van der Waals surface area contributed by atoms with Gasteiger partial charge >= 0.3 is 0 Å². The van der Waals surface area contributed by atoms with E-state index < -0.39 is 0 Å². The Kier molecular flexibility index (Phi) is 3.75. The molecule has 15 heavy (non-hydrogen) atoms. The van der Waals surface area contributed by atoms with E-state index in [4.69, 9.17) is 0 Å². The van der Waals surface area contributed by atoms with Crippen molar-refractivity contribution in [3.63, 3.8) is 0 Å². The van der Waals surface area contributed by atoms with Crippen LogP contribution in [0.25, 0.3) is 0 Å². The summed E-state index contributed by atoms with van der Waals surface area (Å²) in [6.07, 6.45) is 2.49. The van der Waals surface area contributed by atoms with E-state index in [0.29, 0.717) is 12.1 Å². The first kappa shape index (κ1) is 10.7. The van der Waals surface area contributed by atoms with Crippen molar-refractivity contribution in [3.05, 3.63) is 35.9 Å². The second-order valence-electron chi connectivity index (χ2n) is 4.32. The summed E-state index contributed by atoms with van der Waals surface area (Å²) in [6.45, 7) is 4.55. The van der Waals surface area contributed by atoms with Gasteiger partial charge in [0.05, 0.1) is 0 Å². The molecule has 82 valence electrons. The topological polar surface area (TPSA) is 24.1 Å². The van der Waals surface area contributed by atoms with Gasteiger partial charge < -0.3 is 10.6 Å². The van der Waals surface area contributed by atoms with Gasteiger partial charge in [-0.1, -0.05) is 30.3 Å². The van der Waals surface area contributed by atoms with Gasteiger partial charge in [0.2, 0.25) is 0 Å². The highest BCUT2D eigenvalue weighted by atomic mass is 15.0. The van der Waals surface area contributed by atoms with Crippen LogP contribution >= 0.6 is 0 Å². The Morgan fingerprint density at radius 2 is 1.87 bits per heavy atom. The van der Waals surface area contributed by atoms with Crippen molar-refractivity contribution in [1.82, 2.24) is 10.6 Å². The van der Waals surface area contributed by atoms with E-state index in [0.717, 1.165) is 13.1 Å². The van der Waals surface area contributed by atoms with E-state index in [1.54, 1.807) is 0 Å². The highest BCUT2D eigenvalue weighted by Crippen LogP contribution is 2.14. The molecule has 0 aliphatic carbocycles. The summed E-state index contributed by atoms with van der Waals surface area (Å²) < 4.78 is 0. The molecule has 0 amide bonds. The number of rotatable bonds is 3. The highest BCUT2D eigenvalue weighted by Gasteiger charge is 2.15. The van der Waals surface area contributed by atoms with Gasteiger partial charge in [0.1, 0.15) is 0 Å². The molecule has 1 unspecified atom stereocenters. The highest BCUT2D eigenvalue weighted by molar-refractivity contribution is 5.18. The fourth-order valence-corrected chi connectivity index (χ4v) is 2.18. The fraction of sp³-hybridized carbons (Fsp3) is 0.538. The van der Waals surface area contributed by atoms with Crippen LogP contribution in [0, 0.1) is 0 Å². The Labute approximate surface area is 92.1 Å². The molecule has 1 heterocycles. The summed E-state index contributed by atoms with van der Waals surface area (Å²) in [5.74, 6) is 0. The maximum absolute atomic E-state index is 3.70. The van der Waals surface area contributed by atoms with Gasteiger partial charge in [0.15, 0.2) is 0 Å². The minimum atomic E-state index is 0.467. The van der Waals surface area contributed by atoms with E-state index in [2.05, 4.69) is 47.9 Å². The Bertz CT molecular complexity index is 278. The first-order chi connectivity index (χ1) is 7.36. The zero-order valence-corrected chi connectivity index (χ0v) is 9.37. The number of hydrogen-bond acceptors (Lipinski definition) is 2. The number of nitrogens with one attached hydrogen (secondary N) is 2. The summed E-state index contributed by atoms with van der Waals surface area (Å²) >= 11 is 0. The van der Waals surface area contributed by atoms with Gasteiger partial charge in [0.25, 0.3) is 0 Å². The maximum Gasteiger partial charge on any atom is 0.0294 e. The third kappa shape index (κ3) is 3.05. The molecule has 0 saturated carbocycles. The molecule has 2 nitrogen and oxygen atoms in total. The van der Waals surface area contributed by atoms with Gasteiger partial charge in [-0.05, 0) is 38.4 Å². The molecule has 1 fully saturated rings. The van der Waals surface area contributed by atoms with Crippen molar-refractivity contribution in [1.29, 1.82) is 0 Å². The van der Waals surface area contributed by atoms with Gasteiger partial charge in [-0.2, -0.15) is 0 Å². The summed E-state index contributed by atoms with van der Waals surface area (Å²) in [7, 11) is 0. The smallest absolute Gasteiger partial charge is 0.0294 e. The zero-order valence-electron chi connectivity index (χ0n) is 9.37. The number of piperidine rings is 1. The Morgan fingerprint density at radius 3 is 2.53 bits per heavy atom. The van der Waals surface area contributed by atoms with Crippen LogP contribution in [-0.4, -0.2) is 19.1 Å². The van der Waals surface area contributed by atoms with E-state index in [-0.39, 0.29) is 0 Å². The van der Waals surface area contributed by atoms with E-state index in [1.165, 1.54) is 18.4 Å². The van der Waals surface area contributed by atoms with E-state index >= 15 is 0 Å². The Hall–Kier alpha value is -0.860. The standard InChI is InChI=1S/C13H20N2/c1-11(12-5-3-2-4-6-12)15-13-7-9-14-10-8-13/h2-6,11,13-15H,7-10H2,1H3. The maximum atomic E-state index is 3.70. The average Bonchev–Trinajstić information content (AvgIpc) is 2.31. The largest absolute Gasteiger partial charge is 0.317 e. The average molecular weight is 204 g/mol. The predicted molar refractivity (Wildman–Crippen MR) is 63.9 cm³/mol. The van der Waals surface area contributed by atoms with Crippen molar-refractivity contribution < 1.29 is 0 Å². The summed E-state index contributed by atoms with van der Waals surface area (Å²) in [5.41, 5.74) is 1.39. The van der Waals surface area contributed by atoms with Crippen molar-refractivity contribution in [2.24, 2.45) is 0 Å². The lowest BCUT2D eigenvalue weighted by Crippen LogP contribution is -2.40. The lowest BCUT2D eigenvalue weighted by Gasteiger charge is -2.27.